The van der Waals surface area contributed by atoms with Crippen molar-refractivity contribution in [3.63, 3.8) is 0 Å². The van der Waals surface area contributed by atoms with Gasteiger partial charge in [0.2, 0.25) is 0 Å². The van der Waals surface area contributed by atoms with Crippen molar-refractivity contribution in [2.75, 3.05) is 7.05 Å². The first-order chi connectivity index (χ1) is 9.81. The molecule has 0 saturated carbocycles. The smallest absolute Gasteiger partial charge is 0.0894 e. The molecule has 0 saturated heterocycles. The molecule has 116 valence electrons. The van der Waals surface area contributed by atoms with Crippen LogP contribution in [-0.4, -0.2) is 11.9 Å². The highest BCUT2D eigenvalue weighted by Crippen LogP contribution is 2.40. The lowest BCUT2D eigenvalue weighted by Gasteiger charge is -2.29. The summed E-state index contributed by atoms with van der Waals surface area (Å²) in [4.78, 5) is 2.34. The predicted molar refractivity (Wildman–Crippen MR) is 118 cm³/mol. The molecule has 0 amide bonds. The molecule has 0 aromatic rings. The van der Waals surface area contributed by atoms with Crippen molar-refractivity contribution in [2.24, 2.45) is 0 Å². The van der Waals surface area contributed by atoms with Gasteiger partial charge in [0.25, 0.3) is 0 Å². The maximum atomic E-state index is 2.53. The van der Waals surface area contributed by atoms with Crippen LogP contribution < -0.4 is 0 Å². The normalized spacial score (nSPS) is 21.0. The Morgan fingerprint density at radius 3 is 2.05 bits per heavy atom. The van der Waals surface area contributed by atoms with Gasteiger partial charge >= 0.3 is 0 Å². The third-order valence-electron chi connectivity index (χ3n) is 4.60. The summed E-state index contributed by atoms with van der Waals surface area (Å²) in [5.41, 5.74) is 7.92. The summed E-state index contributed by atoms with van der Waals surface area (Å²) in [6, 6.07) is 0. The molecule has 0 aromatic heterocycles. The van der Waals surface area contributed by atoms with Gasteiger partial charge in [-0.15, -0.1) is 0 Å². The van der Waals surface area contributed by atoms with Crippen LogP contribution in [0.2, 0.25) is 0 Å². The number of nitrogens with zero attached hydrogens (tertiary/aromatic N) is 1. The number of halogens is 3. The second-order valence-corrected chi connectivity index (χ2v) is 9.67. The molecule has 0 N–H and O–H groups in total. The average molecular weight is 621 g/mol. The fourth-order valence-electron chi connectivity index (χ4n) is 2.94. The summed E-state index contributed by atoms with van der Waals surface area (Å²) in [5.74, 6) is 0. The Morgan fingerprint density at radius 2 is 1.38 bits per heavy atom. The molecule has 0 bridgehead atoms. The van der Waals surface area contributed by atoms with E-state index in [0.29, 0.717) is 0 Å². The summed E-state index contributed by atoms with van der Waals surface area (Å²) < 4.78 is 4.43. The van der Waals surface area contributed by atoms with Crippen molar-refractivity contribution >= 4 is 67.8 Å². The quantitative estimate of drug-likeness (QED) is 0.183. The summed E-state index contributed by atoms with van der Waals surface area (Å²) >= 11 is 7.50. The lowest BCUT2D eigenvalue weighted by atomic mass is 9.88. The molecule has 2 rings (SSSR count). The van der Waals surface area contributed by atoms with Crippen LogP contribution in [0.1, 0.15) is 52.9 Å². The maximum Gasteiger partial charge on any atom is 0.0894 e. The van der Waals surface area contributed by atoms with Gasteiger partial charge < -0.3 is 4.90 Å². The highest BCUT2D eigenvalue weighted by molar-refractivity contribution is 14.1. The predicted octanol–water partition coefficient (Wildman–Crippen LogP) is 7.23. The van der Waals surface area contributed by atoms with E-state index in [1.54, 1.807) is 25.9 Å². The Bertz CT molecular complexity index is 579. The molecule has 4 heteroatoms. The van der Waals surface area contributed by atoms with E-state index in [0.717, 1.165) is 6.42 Å². The van der Waals surface area contributed by atoms with Crippen molar-refractivity contribution in [3.05, 3.63) is 38.9 Å². The van der Waals surface area contributed by atoms with Gasteiger partial charge in [0.15, 0.2) is 0 Å². The Morgan fingerprint density at radius 1 is 0.810 bits per heavy atom. The molecule has 0 fully saturated rings. The van der Waals surface area contributed by atoms with Gasteiger partial charge in [0.05, 0.1) is 3.70 Å². The molecule has 2 aliphatic rings. The van der Waals surface area contributed by atoms with Gasteiger partial charge in [-0.25, -0.2) is 0 Å². The fourth-order valence-corrected chi connectivity index (χ4v) is 4.96. The van der Waals surface area contributed by atoms with Gasteiger partial charge in [0.1, 0.15) is 0 Å². The zero-order chi connectivity index (χ0) is 15.7. The zero-order valence-electron chi connectivity index (χ0n) is 13.1. The molecule has 0 spiro atoms. The van der Waals surface area contributed by atoms with Crippen molar-refractivity contribution in [1.29, 1.82) is 0 Å². The molecular weight excluding hydrogens is 599 g/mol. The summed E-state index contributed by atoms with van der Waals surface area (Å²) in [6.45, 7) is 6.87. The van der Waals surface area contributed by atoms with E-state index in [9.17, 15) is 0 Å². The second-order valence-electron chi connectivity index (χ2n) is 6.04. The number of hydrogen-bond donors (Lipinski definition) is 0. The van der Waals surface area contributed by atoms with E-state index in [1.165, 1.54) is 38.7 Å². The van der Waals surface area contributed by atoms with Crippen molar-refractivity contribution in [1.82, 2.24) is 4.90 Å². The Kier molecular flexibility index (Phi) is 6.69. The lowest BCUT2D eigenvalue weighted by Crippen LogP contribution is -2.18. The van der Waals surface area contributed by atoms with Gasteiger partial charge in [-0.1, -0.05) is 16.7 Å². The molecule has 1 heterocycles. The first kappa shape index (κ1) is 18.3. The molecule has 1 aliphatic heterocycles. The summed E-state index contributed by atoms with van der Waals surface area (Å²) in [5, 5.41) is 0. The van der Waals surface area contributed by atoms with Crippen molar-refractivity contribution in [2.45, 2.75) is 52.9 Å². The van der Waals surface area contributed by atoms with Crippen LogP contribution in [0.15, 0.2) is 38.9 Å². The highest BCUT2D eigenvalue weighted by atomic mass is 127. The molecule has 0 atom stereocenters. The molecule has 21 heavy (non-hydrogen) atoms. The largest absolute Gasteiger partial charge is 0.343 e. The Labute approximate surface area is 169 Å². The minimum Gasteiger partial charge on any atom is -0.343 e. The van der Waals surface area contributed by atoms with E-state index in [4.69, 9.17) is 0 Å². The number of rotatable bonds is 3. The minimum absolute atomic E-state index is 1.15. The SMILES string of the molecule is CC1=C(I)CC(CCC2=C(C)N(C)C(I)=C(I)C2)=C(C)C1. The molecule has 1 aliphatic carbocycles. The van der Waals surface area contributed by atoms with Gasteiger partial charge in [-0.2, -0.15) is 0 Å². The molecule has 1 nitrogen and oxygen atoms in total. The van der Waals surface area contributed by atoms with Crippen LogP contribution in [-0.2, 0) is 0 Å². The number of allylic oxidation sites excluding steroid dienone is 7. The molecule has 0 radical (unpaired) electrons. The zero-order valence-corrected chi connectivity index (χ0v) is 19.6. The van der Waals surface area contributed by atoms with E-state index >= 15 is 0 Å². The maximum absolute atomic E-state index is 2.53. The van der Waals surface area contributed by atoms with E-state index in [2.05, 4.69) is 100 Å². The lowest BCUT2D eigenvalue weighted by molar-refractivity contribution is 0.532. The first-order valence-electron chi connectivity index (χ1n) is 7.29. The Balaban J connectivity index is 2.06. The third kappa shape index (κ3) is 4.28. The van der Waals surface area contributed by atoms with Gasteiger partial charge in [0, 0.05) is 22.7 Å². The van der Waals surface area contributed by atoms with Crippen molar-refractivity contribution in [3.8, 4) is 0 Å². The first-order valence-corrected chi connectivity index (χ1v) is 10.5. The third-order valence-corrected chi connectivity index (χ3v) is 9.20. The number of hydrogen-bond acceptors (Lipinski definition) is 1. The standard InChI is InChI=1S/C17H22I3N/c1-10-7-11(2)15(18)8-13(10)5-6-14-9-16(19)17(20)21(4)12(14)3/h5-9H2,1-4H3. The second kappa shape index (κ2) is 7.68. The topological polar surface area (TPSA) is 3.24 Å². The highest BCUT2D eigenvalue weighted by Gasteiger charge is 2.20. The van der Waals surface area contributed by atoms with Crippen LogP contribution in [0.3, 0.4) is 0 Å². The molecular formula is C17H22I3N. The monoisotopic (exact) mass is 621 g/mol. The van der Waals surface area contributed by atoms with Gasteiger partial charge in [-0.3, -0.25) is 0 Å². The van der Waals surface area contributed by atoms with Crippen LogP contribution in [0.4, 0.5) is 0 Å². The van der Waals surface area contributed by atoms with E-state index in [1.807, 2.05) is 0 Å². The molecule has 0 unspecified atom stereocenters. The van der Waals surface area contributed by atoms with Crippen LogP contribution in [0.5, 0.6) is 0 Å². The molecule has 0 aromatic carbocycles. The average Bonchev–Trinajstić information content (AvgIpc) is 2.44. The van der Waals surface area contributed by atoms with Crippen LogP contribution >= 0.6 is 67.8 Å². The van der Waals surface area contributed by atoms with E-state index < -0.39 is 0 Å². The Hall–Kier alpha value is 0.950. The van der Waals surface area contributed by atoms with Gasteiger partial charge in [-0.05, 0) is 123 Å². The van der Waals surface area contributed by atoms with Crippen molar-refractivity contribution < 1.29 is 0 Å². The van der Waals surface area contributed by atoms with Crippen LogP contribution in [0.25, 0.3) is 0 Å². The fraction of sp³-hybridized carbons (Fsp3) is 0.529. The van der Waals surface area contributed by atoms with Crippen LogP contribution in [0, 0.1) is 0 Å². The van der Waals surface area contributed by atoms with E-state index in [-0.39, 0.29) is 0 Å². The summed E-state index contributed by atoms with van der Waals surface area (Å²) in [7, 11) is 2.19. The minimum atomic E-state index is 1.15. The summed E-state index contributed by atoms with van der Waals surface area (Å²) in [6.07, 6.45) is 5.95.